The summed E-state index contributed by atoms with van der Waals surface area (Å²) in [6.07, 6.45) is -5.51. The van der Waals surface area contributed by atoms with Crippen molar-refractivity contribution in [1.82, 2.24) is 0 Å². The van der Waals surface area contributed by atoms with Gasteiger partial charge in [-0.2, -0.15) is 0 Å². The Labute approximate surface area is 288 Å². The van der Waals surface area contributed by atoms with Crippen molar-refractivity contribution in [2.45, 2.75) is 108 Å². The van der Waals surface area contributed by atoms with Crippen molar-refractivity contribution in [3.8, 4) is 0 Å². The molecular formula is C39H46O10. The van der Waals surface area contributed by atoms with Gasteiger partial charge in [-0.15, -0.1) is 6.58 Å². The normalized spacial score (nSPS) is 32.2. The van der Waals surface area contributed by atoms with Crippen molar-refractivity contribution < 1.29 is 47.4 Å². The molecule has 3 aliphatic heterocycles. The maximum absolute atomic E-state index is 13.7. The molecule has 3 saturated heterocycles. The van der Waals surface area contributed by atoms with Gasteiger partial charge in [0.15, 0.2) is 24.5 Å². The first-order valence-electron chi connectivity index (χ1n) is 16.8. The second-order valence-electron chi connectivity index (χ2n) is 13.0. The summed E-state index contributed by atoms with van der Waals surface area (Å²) >= 11 is 0. The lowest BCUT2D eigenvalue weighted by molar-refractivity contribution is -0.360. The molecule has 0 aliphatic carbocycles. The van der Waals surface area contributed by atoms with E-state index < -0.39 is 67.1 Å². The first-order chi connectivity index (χ1) is 23.7. The third kappa shape index (κ3) is 8.65. The van der Waals surface area contributed by atoms with Crippen LogP contribution in [0.25, 0.3) is 0 Å². The van der Waals surface area contributed by atoms with E-state index >= 15 is 0 Å². The Hall–Kier alpha value is -3.45. The molecule has 10 nitrogen and oxygen atoms in total. The molecule has 10 atom stereocenters. The van der Waals surface area contributed by atoms with Crippen molar-refractivity contribution >= 4 is 5.97 Å². The Morgan fingerprint density at radius 1 is 0.694 bits per heavy atom. The molecule has 49 heavy (non-hydrogen) atoms. The van der Waals surface area contributed by atoms with E-state index in [4.69, 9.17) is 42.6 Å². The average Bonchev–Trinajstić information content (AvgIpc) is 3.45. The molecule has 0 unspecified atom stereocenters. The zero-order valence-corrected chi connectivity index (χ0v) is 28.4. The summed E-state index contributed by atoms with van der Waals surface area (Å²) in [6.45, 7) is 12.0. The lowest BCUT2D eigenvalue weighted by Crippen LogP contribution is -2.64. The number of fused-ring (bicyclic) bond motifs is 1. The number of carbonyl (C=O) groups is 1. The van der Waals surface area contributed by atoms with E-state index in [2.05, 4.69) is 6.58 Å². The van der Waals surface area contributed by atoms with Crippen molar-refractivity contribution in [3.63, 3.8) is 0 Å². The van der Waals surface area contributed by atoms with Gasteiger partial charge in [0, 0.05) is 0 Å². The molecule has 3 aromatic rings. The number of rotatable bonds is 13. The molecule has 0 aromatic heterocycles. The fourth-order valence-corrected chi connectivity index (χ4v) is 6.47. The van der Waals surface area contributed by atoms with E-state index in [-0.39, 0.29) is 25.9 Å². The SMILES string of the molecule is C=CCO[C@@H]1O[C@@H](C)[C@H]2OC(C)(C)O[C@H]2[C@@H]1O[C@H]1O[C@@H](C)[C@@H](OCc2ccccc2)[C@@H](OC(=O)c2ccccc2)[C@@H]1OCc1ccccc1. The van der Waals surface area contributed by atoms with Crippen LogP contribution in [0.5, 0.6) is 0 Å². The van der Waals surface area contributed by atoms with Gasteiger partial charge in [-0.05, 0) is 51.0 Å². The summed E-state index contributed by atoms with van der Waals surface area (Å²) in [5.74, 6) is -1.40. The minimum Gasteiger partial charge on any atom is -0.453 e. The molecule has 262 valence electrons. The van der Waals surface area contributed by atoms with Gasteiger partial charge in [-0.3, -0.25) is 0 Å². The van der Waals surface area contributed by atoms with Gasteiger partial charge in [-0.1, -0.05) is 84.9 Å². The minimum absolute atomic E-state index is 0.196. The van der Waals surface area contributed by atoms with Gasteiger partial charge in [0.25, 0.3) is 0 Å². The van der Waals surface area contributed by atoms with Gasteiger partial charge in [0.1, 0.15) is 30.5 Å². The number of ether oxygens (including phenoxy) is 9. The maximum Gasteiger partial charge on any atom is 0.338 e. The topological polar surface area (TPSA) is 100 Å². The van der Waals surface area contributed by atoms with Crippen LogP contribution in [-0.2, 0) is 55.8 Å². The Morgan fingerprint density at radius 3 is 1.86 bits per heavy atom. The van der Waals surface area contributed by atoms with Crippen LogP contribution in [0.3, 0.4) is 0 Å². The van der Waals surface area contributed by atoms with Crippen LogP contribution in [0, 0.1) is 0 Å². The molecule has 0 saturated carbocycles. The summed E-state index contributed by atoms with van der Waals surface area (Å²) < 4.78 is 57.8. The van der Waals surface area contributed by atoms with E-state index in [1.54, 1.807) is 30.3 Å². The predicted octanol–water partition coefficient (Wildman–Crippen LogP) is 5.98. The Kier molecular flexibility index (Phi) is 11.6. The Balaban J connectivity index is 1.34. The molecule has 0 bridgehead atoms. The first kappa shape index (κ1) is 35.4. The minimum atomic E-state index is -1.05. The lowest BCUT2D eigenvalue weighted by Gasteiger charge is -2.47. The van der Waals surface area contributed by atoms with Crippen molar-refractivity contribution in [1.29, 1.82) is 0 Å². The van der Waals surface area contributed by atoms with Gasteiger partial charge in [0.05, 0.1) is 37.6 Å². The van der Waals surface area contributed by atoms with E-state index in [9.17, 15) is 4.79 Å². The third-order valence-electron chi connectivity index (χ3n) is 8.79. The highest BCUT2D eigenvalue weighted by molar-refractivity contribution is 5.89. The van der Waals surface area contributed by atoms with Crippen LogP contribution >= 0.6 is 0 Å². The van der Waals surface area contributed by atoms with E-state index in [0.29, 0.717) is 5.56 Å². The molecule has 0 amide bonds. The summed E-state index contributed by atoms with van der Waals surface area (Å²) in [7, 11) is 0. The van der Waals surface area contributed by atoms with Crippen molar-refractivity contribution in [2.75, 3.05) is 6.61 Å². The predicted molar refractivity (Wildman–Crippen MR) is 179 cm³/mol. The van der Waals surface area contributed by atoms with Gasteiger partial charge < -0.3 is 42.6 Å². The van der Waals surface area contributed by atoms with E-state index in [0.717, 1.165) is 11.1 Å². The monoisotopic (exact) mass is 674 g/mol. The standard InChI is InChI=1S/C39H46O10/c1-6-22-41-37-35(33-31(26(3)44-37)48-39(4,5)49-33)47-38-34(43-24-28-18-12-8-13-19-28)32(46-36(40)29-20-14-9-15-21-29)30(25(2)45-38)42-23-27-16-10-7-11-17-27/h6-21,25-26,30-35,37-38H,1,22-24H2,2-5H3/t25-,26-,30+,31+,32+,33+,34-,35-,37+,38+/m0/s1. The summed E-state index contributed by atoms with van der Waals surface area (Å²) in [6, 6.07) is 28.4. The third-order valence-corrected chi connectivity index (χ3v) is 8.79. The highest BCUT2D eigenvalue weighted by atomic mass is 16.8. The molecule has 0 N–H and O–H groups in total. The molecule has 0 spiro atoms. The van der Waals surface area contributed by atoms with Crippen LogP contribution in [0.4, 0.5) is 0 Å². The number of hydrogen-bond donors (Lipinski definition) is 0. The Morgan fingerprint density at radius 2 is 1.24 bits per heavy atom. The molecular weight excluding hydrogens is 628 g/mol. The van der Waals surface area contributed by atoms with Crippen LogP contribution in [0.2, 0.25) is 0 Å². The fraction of sp³-hybridized carbons (Fsp3) is 0.462. The maximum atomic E-state index is 13.7. The average molecular weight is 675 g/mol. The van der Waals surface area contributed by atoms with Gasteiger partial charge in [0.2, 0.25) is 0 Å². The molecule has 6 rings (SSSR count). The number of benzene rings is 3. The molecule has 0 radical (unpaired) electrons. The van der Waals surface area contributed by atoms with Gasteiger partial charge in [-0.25, -0.2) is 4.79 Å². The van der Waals surface area contributed by atoms with Crippen LogP contribution < -0.4 is 0 Å². The number of esters is 1. The highest BCUT2D eigenvalue weighted by Gasteiger charge is 2.58. The number of carbonyl (C=O) groups excluding carboxylic acids is 1. The smallest absolute Gasteiger partial charge is 0.338 e. The Bertz CT molecular complexity index is 1490. The van der Waals surface area contributed by atoms with Crippen LogP contribution in [0.15, 0.2) is 104 Å². The second kappa shape index (κ2) is 16.1. The van der Waals surface area contributed by atoms with E-state index in [1.807, 2.05) is 94.4 Å². The highest BCUT2D eigenvalue weighted by Crippen LogP contribution is 2.41. The van der Waals surface area contributed by atoms with Gasteiger partial charge >= 0.3 is 5.97 Å². The second-order valence-corrected chi connectivity index (χ2v) is 13.0. The molecule has 3 aliphatic rings. The quantitative estimate of drug-likeness (QED) is 0.159. The molecule has 10 heteroatoms. The summed E-state index contributed by atoms with van der Waals surface area (Å²) in [5, 5.41) is 0. The lowest BCUT2D eigenvalue weighted by atomic mass is 9.97. The zero-order chi connectivity index (χ0) is 34.4. The molecule has 3 heterocycles. The summed E-state index contributed by atoms with van der Waals surface area (Å²) in [5.41, 5.74) is 2.29. The van der Waals surface area contributed by atoms with E-state index in [1.165, 1.54) is 0 Å². The number of hydrogen-bond acceptors (Lipinski definition) is 10. The van der Waals surface area contributed by atoms with Crippen LogP contribution in [-0.4, -0.2) is 79.8 Å². The van der Waals surface area contributed by atoms with Crippen molar-refractivity contribution in [3.05, 3.63) is 120 Å². The summed E-state index contributed by atoms with van der Waals surface area (Å²) in [4.78, 5) is 13.7. The largest absolute Gasteiger partial charge is 0.453 e. The van der Waals surface area contributed by atoms with Crippen molar-refractivity contribution in [2.24, 2.45) is 0 Å². The molecule has 3 aromatic carbocycles. The fourth-order valence-electron chi connectivity index (χ4n) is 6.47. The molecule has 3 fully saturated rings. The first-order valence-corrected chi connectivity index (χ1v) is 16.8. The van der Waals surface area contributed by atoms with Crippen LogP contribution in [0.1, 0.15) is 49.2 Å². The zero-order valence-electron chi connectivity index (χ0n) is 28.4.